The van der Waals surface area contributed by atoms with Crippen LogP contribution in [-0.2, 0) is 34.7 Å². The molecule has 2 N–H and O–H groups in total. The van der Waals surface area contributed by atoms with Gasteiger partial charge in [0.15, 0.2) is 5.60 Å². The Morgan fingerprint density at radius 3 is 2.72 bits per heavy atom. The fraction of sp³-hybridized carbons (Fsp3) is 0.400. The number of rotatable bonds is 5. The van der Waals surface area contributed by atoms with Crippen LogP contribution in [0, 0.1) is 0 Å². The minimum Gasteiger partial charge on any atom is -0.458 e. The average Bonchev–Trinajstić information content (AvgIpc) is 3.18. The predicted molar refractivity (Wildman–Crippen MR) is 123 cm³/mol. The molecule has 166 valence electrons. The summed E-state index contributed by atoms with van der Waals surface area (Å²) in [7, 11) is 0. The first kappa shape index (κ1) is 20.7. The van der Waals surface area contributed by atoms with Gasteiger partial charge < -0.3 is 19.7 Å². The van der Waals surface area contributed by atoms with Gasteiger partial charge in [-0.1, -0.05) is 26.8 Å². The van der Waals surface area contributed by atoms with E-state index in [-0.39, 0.29) is 18.6 Å². The van der Waals surface area contributed by atoms with Crippen LogP contribution in [-0.4, -0.2) is 27.2 Å². The number of benzene rings is 1. The Balaban J connectivity index is 1.79. The highest BCUT2D eigenvalue weighted by atomic mass is 16.6. The van der Waals surface area contributed by atoms with E-state index >= 15 is 0 Å². The first-order valence-corrected chi connectivity index (χ1v) is 11.3. The van der Waals surface area contributed by atoms with Crippen molar-refractivity contribution in [3.8, 4) is 11.4 Å². The number of aliphatic hydroxyl groups is 1. The van der Waals surface area contributed by atoms with E-state index in [2.05, 4.69) is 31.3 Å². The Morgan fingerprint density at radius 2 is 2.00 bits per heavy atom. The first-order valence-electron chi connectivity index (χ1n) is 11.3. The summed E-state index contributed by atoms with van der Waals surface area (Å²) >= 11 is 0. The van der Waals surface area contributed by atoms with Crippen molar-refractivity contribution in [2.45, 2.75) is 58.8 Å². The number of carbonyl (C=O) groups is 1. The van der Waals surface area contributed by atoms with E-state index in [9.17, 15) is 14.7 Å². The van der Waals surface area contributed by atoms with Gasteiger partial charge in [0.1, 0.15) is 6.61 Å². The Hall–Kier alpha value is -3.19. The number of anilines is 1. The second-order valence-corrected chi connectivity index (χ2v) is 8.55. The van der Waals surface area contributed by atoms with Crippen LogP contribution < -0.4 is 10.9 Å². The number of hydrogen-bond donors (Lipinski definition) is 2. The van der Waals surface area contributed by atoms with Gasteiger partial charge in [0, 0.05) is 23.1 Å². The SMILES string of the molecule is CCCNc1c2c(nc3ccc(CC)cc13)-c1cc3c(c(=O)n1C2)COC(=O)[C@]3(O)CC. The van der Waals surface area contributed by atoms with E-state index in [0.717, 1.165) is 47.2 Å². The second kappa shape index (κ2) is 7.45. The average molecular weight is 434 g/mol. The predicted octanol–water partition coefficient (Wildman–Crippen LogP) is 3.46. The molecule has 0 saturated heterocycles. The van der Waals surface area contributed by atoms with E-state index in [0.29, 0.717) is 23.4 Å². The van der Waals surface area contributed by atoms with E-state index in [1.165, 1.54) is 5.56 Å². The number of aryl methyl sites for hydroxylation is 1. The molecule has 0 bridgehead atoms. The van der Waals surface area contributed by atoms with Crippen molar-refractivity contribution in [1.82, 2.24) is 9.55 Å². The molecule has 5 rings (SSSR count). The molecule has 4 heterocycles. The molecule has 7 heteroatoms. The standard InChI is InChI=1S/C25H27N3O4/c1-4-9-26-21-15-10-14(5-2)7-8-19(15)27-22-16(21)12-28-20(22)11-18-17(23(28)29)13-32-24(30)25(18,31)6-3/h7-8,10-11,31H,4-6,9,12-13H2,1-3H3,(H,26,27)/t25-/m0/s1. The van der Waals surface area contributed by atoms with Crippen molar-refractivity contribution < 1.29 is 14.6 Å². The van der Waals surface area contributed by atoms with Gasteiger partial charge in [0.25, 0.3) is 5.56 Å². The number of nitrogens with zero attached hydrogens (tertiary/aromatic N) is 2. The Bertz CT molecular complexity index is 1330. The number of fused-ring (bicyclic) bond motifs is 5. The number of aromatic nitrogens is 2. The highest BCUT2D eigenvalue weighted by Crippen LogP contribution is 2.42. The third-order valence-corrected chi connectivity index (χ3v) is 6.71. The van der Waals surface area contributed by atoms with Gasteiger partial charge >= 0.3 is 5.97 Å². The Labute approximate surface area is 186 Å². The summed E-state index contributed by atoms with van der Waals surface area (Å²) < 4.78 is 6.85. The third-order valence-electron chi connectivity index (χ3n) is 6.71. The molecule has 0 saturated carbocycles. The molecule has 1 atom stereocenters. The molecule has 2 aromatic heterocycles. The van der Waals surface area contributed by atoms with Crippen molar-refractivity contribution in [3.05, 3.63) is 56.9 Å². The van der Waals surface area contributed by atoms with Gasteiger partial charge in [-0.25, -0.2) is 9.78 Å². The van der Waals surface area contributed by atoms with Gasteiger partial charge in [-0.05, 0) is 43.0 Å². The molecule has 2 aliphatic heterocycles. The number of pyridine rings is 2. The van der Waals surface area contributed by atoms with Crippen LogP contribution in [0.3, 0.4) is 0 Å². The summed E-state index contributed by atoms with van der Waals surface area (Å²) in [5.41, 5.74) is 4.01. The Kier molecular flexibility index (Phi) is 4.82. The molecule has 0 unspecified atom stereocenters. The van der Waals surface area contributed by atoms with Crippen molar-refractivity contribution >= 4 is 22.6 Å². The van der Waals surface area contributed by atoms with Crippen molar-refractivity contribution in [3.63, 3.8) is 0 Å². The first-order chi connectivity index (χ1) is 15.4. The molecular weight excluding hydrogens is 406 g/mol. The second-order valence-electron chi connectivity index (χ2n) is 8.55. The molecular formula is C25H27N3O4. The number of cyclic esters (lactones) is 1. The van der Waals surface area contributed by atoms with Crippen LogP contribution in [0.15, 0.2) is 29.1 Å². The van der Waals surface area contributed by atoms with Gasteiger partial charge in [-0.2, -0.15) is 0 Å². The smallest absolute Gasteiger partial charge is 0.343 e. The van der Waals surface area contributed by atoms with E-state index in [4.69, 9.17) is 9.72 Å². The lowest BCUT2D eigenvalue weighted by molar-refractivity contribution is -0.172. The number of carbonyl (C=O) groups excluding carboxylic acids is 1. The normalized spacial score (nSPS) is 18.8. The maximum atomic E-state index is 13.4. The molecule has 2 aliphatic rings. The third kappa shape index (κ3) is 2.80. The van der Waals surface area contributed by atoms with Crippen molar-refractivity contribution in [1.29, 1.82) is 0 Å². The van der Waals surface area contributed by atoms with E-state index in [1.54, 1.807) is 17.6 Å². The van der Waals surface area contributed by atoms with E-state index < -0.39 is 11.6 Å². The maximum absolute atomic E-state index is 13.4. The minimum absolute atomic E-state index is 0.123. The monoisotopic (exact) mass is 433 g/mol. The van der Waals surface area contributed by atoms with Crippen LogP contribution in [0.5, 0.6) is 0 Å². The van der Waals surface area contributed by atoms with Crippen molar-refractivity contribution in [2.24, 2.45) is 0 Å². The topological polar surface area (TPSA) is 93.5 Å². The quantitative estimate of drug-likeness (QED) is 0.468. The van der Waals surface area contributed by atoms with E-state index in [1.807, 2.05) is 6.07 Å². The van der Waals surface area contributed by atoms with Crippen LogP contribution in [0.25, 0.3) is 22.3 Å². The summed E-state index contributed by atoms with van der Waals surface area (Å²) in [5.74, 6) is -0.709. The zero-order valence-electron chi connectivity index (χ0n) is 18.6. The summed E-state index contributed by atoms with van der Waals surface area (Å²) in [5, 5.41) is 15.7. The molecule has 3 aromatic rings. The lowest BCUT2D eigenvalue weighted by Crippen LogP contribution is -2.44. The highest BCUT2D eigenvalue weighted by Gasteiger charge is 2.45. The maximum Gasteiger partial charge on any atom is 0.343 e. The minimum atomic E-state index is -1.82. The lowest BCUT2D eigenvalue weighted by Gasteiger charge is -2.31. The molecule has 0 radical (unpaired) electrons. The number of nitrogens with one attached hydrogen (secondary N) is 1. The van der Waals surface area contributed by atoms with Crippen LogP contribution in [0.1, 0.15) is 55.9 Å². The Morgan fingerprint density at radius 1 is 1.19 bits per heavy atom. The molecule has 0 amide bonds. The van der Waals surface area contributed by atoms with Gasteiger partial charge in [0.05, 0.1) is 34.7 Å². The summed E-state index contributed by atoms with van der Waals surface area (Å²) in [4.78, 5) is 30.7. The van der Waals surface area contributed by atoms with Gasteiger partial charge in [-0.15, -0.1) is 0 Å². The largest absolute Gasteiger partial charge is 0.458 e. The number of esters is 1. The number of ether oxygens (including phenoxy) is 1. The zero-order chi connectivity index (χ0) is 22.6. The molecule has 1 aromatic carbocycles. The van der Waals surface area contributed by atoms with Crippen LogP contribution >= 0.6 is 0 Å². The fourth-order valence-electron chi connectivity index (χ4n) is 4.80. The number of hydrogen-bond acceptors (Lipinski definition) is 6. The zero-order valence-corrected chi connectivity index (χ0v) is 18.6. The highest BCUT2D eigenvalue weighted by molar-refractivity contribution is 5.97. The van der Waals surface area contributed by atoms with Gasteiger partial charge in [-0.3, -0.25) is 4.79 Å². The molecule has 7 nitrogen and oxygen atoms in total. The van der Waals surface area contributed by atoms with Gasteiger partial charge in [0.2, 0.25) is 0 Å². The lowest BCUT2D eigenvalue weighted by atomic mass is 9.86. The summed E-state index contributed by atoms with van der Waals surface area (Å²) in [6.07, 6.45) is 2.02. The molecule has 32 heavy (non-hydrogen) atoms. The summed E-state index contributed by atoms with van der Waals surface area (Å²) in [6, 6.07) is 8.02. The van der Waals surface area contributed by atoms with Crippen LogP contribution in [0.4, 0.5) is 5.69 Å². The van der Waals surface area contributed by atoms with Crippen molar-refractivity contribution in [2.75, 3.05) is 11.9 Å². The molecule has 0 aliphatic carbocycles. The van der Waals surface area contributed by atoms with Crippen LogP contribution in [0.2, 0.25) is 0 Å². The summed E-state index contributed by atoms with van der Waals surface area (Å²) in [6.45, 7) is 7.02. The molecule has 0 fully saturated rings. The molecule has 0 spiro atoms. The fourth-order valence-corrected chi connectivity index (χ4v) is 4.80.